The monoisotopic (exact) mass is 259 g/mol. The predicted molar refractivity (Wildman–Crippen MR) is 74.5 cm³/mol. The molecule has 0 spiro atoms. The van der Waals surface area contributed by atoms with E-state index >= 15 is 0 Å². The summed E-state index contributed by atoms with van der Waals surface area (Å²) in [5, 5.41) is 13.0. The summed E-state index contributed by atoms with van der Waals surface area (Å²) in [6, 6.07) is 12.3. The van der Waals surface area contributed by atoms with E-state index in [0.717, 1.165) is 0 Å². The number of halogens is 1. The molecule has 0 radical (unpaired) electrons. The molecule has 0 aliphatic rings. The normalized spacial score (nSPS) is 12.4. The Morgan fingerprint density at radius 3 is 2.68 bits per heavy atom. The van der Waals surface area contributed by atoms with Crippen molar-refractivity contribution in [2.24, 2.45) is 0 Å². The second-order valence-electron chi connectivity index (χ2n) is 4.73. The fourth-order valence-electron chi connectivity index (χ4n) is 2.14. The summed E-state index contributed by atoms with van der Waals surface area (Å²) in [6.07, 6.45) is 0. The standard InChI is InChI=1S/C16H18FNO/c1-11-5-3-4-6-15(11)12(2)18-10-13-9-14(17)7-8-16(13)19/h3-9,12,18-19H,10H2,1-2H3/t12-/m1/s1. The van der Waals surface area contributed by atoms with Gasteiger partial charge in [-0.15, -0.1) is 0 Å². The summed E-state index contributed by atoms with van der Waals surface area (Å²) in [7, 11) is 0. The van der Waals surface area contributed by atoms with Crippen LogP contribution in [0.15, 0.2) is 42.5 Å². The minimum absolute atomic E-state index is 0.117. The van der Waals surface area contributed by atoms with Gasteiger partial charge in [0.15, 0.2) is 0 Å². The molecule has 0 aliphatic carbocycles. The Morgan fingerprint density at radius 1 is 1.21 bits per heavy atom. The maximum Gasteiger partial charge on any atom is 0.123 e. The van der Waals surface area contributed by atoms with Crippen LogP contribution in [0.3, 0.4) is 0 Å². The predicted octanol–water partition coefficient (Wildman–Crippen LogP) is 3.69. The van der Waals surface area contributed by atoms with Crippen LogP contribution >= 0.6 is 0 Å². The third kappa shape index (κ3) is 3.32. The molecule has 1 atom stereocenters. The van der Waals surface area contributed by atoms with Crippen molar-refractivity contribution >= 4 is 0 Å². The van der Waals surface area contributed by atoms with Crippen LogP contribution in [0.4, 0.5) is 4.39 Å². The SMILES string of the molecule is Cc1ccccc1[C@@H](C)NCc1cc(F)ccc1O. The van der Waals surface area contributed by atoms with Gasteiger partial charge in [-0.25, -0.2) is 4.39 Å². The molecule has 0 bridgehead atoms. The summed E-state index contributed by atoms with van der Waals surface area (Å²) in [5.41, 5.74) is 2.99. The first-order chi connectivity index (χ1) is 9.08. The van der Waals surface area contributed by atoms with E-state index in [1.165, 1.54) is 29.3 Å². The third-order valence-corrected chi connectivity index (χ3v) is 3.30. The smallest absolute Gasteiger partial charge is 0.123 e. The maximum absolute atomic E-state index is 13.1. The van der Waals surface area contributed by atoms with Crippen molar-refractivity contribution in [1.82, 2.24) is 5.32 Å². The second kappa shape index (κ2) is 5.85. The summed E-state index contributed by atoms with van der Waals surface area (Å²) in [4.78, 5) is 0. The average molecular weight is 259 g/mol. The highest BCUT2D eigenvalue weighted by molar-refractivity contribution is 5.33. The van der Waals surface area contributed by atoms with Gasteiger partial charge in [0.25, 0.3) is 0 Å². The first-order valence-electron chi connectivity index (χ1n) is 6.34. The van der Waals surface area contributed by atoms with E-state index < -0.39 is 0 Å². The topological polar surface area (TPSA) is 32.3 Å². The molecular weight excluding hydrogens is 241 g/mol. The number of rotatable bonds is 4. The van der Waals surface area contributed by atoms with Crippen LogP contribution < -0.4 is 5.32 Å². The highest BCUT2D eigenvalue weighted by Crippen LogP contribution is 2.21. The maximum atomic E-state index is 13.1. The largest absolute Gasteiger partial charge is 0.508 e. The number of hydrogen-bond donors (Lipinski definition) is 2. The van der Waals surface area contributed by atoms with Gasteiger partial charge < -0.3 is 10.4 Å². The minimum atomic E-state index is -0.335. The van der Waals surface area contributed by atoms with Crippen molar-refractivity contribution in [3.05, 3.63) is 65.0 Å². The van der Waals surface area contributed by atoms with E-state index in [-0.39, 0.29) is 17.6 Å². The summed E-state index contributed by atoms with van der Waals surface area (Å²) in [5.74, 6) is -0.218. The molecule has 19 heavy (non-hydrogen) atoms. The van der Waals surface area contributed by atoms with Gasteiger partial charge in [0, 0.05) is 18.2 Å². The van der Waals surface area contributed by atoms with E-state index in [1.54, 1.807) is 0 Å². The molecule has 0 aliphatic heterocycles. The molecule has 0 aromatic heterocycles. The zero-order valence-electron chi connectivity index (χ0n) is 11.2. The van der Waals surface area contributed by atoms with Crippen LogP contribution in [0.1, 0.15) is 29.7 Å². The van der Waals surface area contributed by atoms with Crippen molar-refractivity contribution < 1.29 is 9.50 Å². The van der Waals surface area contributed by atoms with Crippen LogP contribution in [0.2, 0.25) is 0 Å². The molecule has 2 N–H and O–H groups in total. The van der Waals surface area contributed by atoms with Crippen molar-refractivity contribution in [1.29, 1.82) is 0 Å². The van der Waals surface area contributed by atoms with Crippen molar-refractivity contribution in [2.75, 3.05) is 0 Å². The molecule has 2 nitrogen and oxygen atoms in total. The molecule has 0 amide bonds. The fourth-order valence-corrected chi connectivity index (χ4v) is 2.14. The molecule has 2 aromatic carbocycles. The number of phenolic OH excluding ortho intramolecular Hbond substituents is 1. The number of phenols is 1. The van der Waals surface area contributed by atoms with Gasteiger partial charge in [-0.2, -0.15) is 0 Å². The number of benzene rings is 2. The van der Waals surface area contributed by atoms with E-state index in [9.17, 15) is 9.50 Å². The lowest BCUT2D eigenvalue weighted by Crippen LogP contribution is -2.19. The quantitative estimate of drug-likeness (QED) is 0.877. The van der Waals surface area contributed by atoms with Crippen molar-refractivity contribution in [3.8, 4) is 5.75 Å². The first-order valence-corrected chi connectivity index (χ1v) is 6.34. The van der Waals surface area contributed by atoms with Crippen molar-refractivity contribution in [2.45, 2.75) is 26.4 Å². The molecule has 2 aromatic rings. The van der Waals surface area contributed by atoms with Gasteiger partial charge in [0.05, 0.1) is 0 Å². The number of aromatic hydroxyl groups is 1. The fraction of sp³-hybridized carbons (Fsp3) is 0.250. The molecule has 0 unspecified atom stereocenters. The van der Waals surface area contributed by atoms with Crippen molar-refractivity contribution in [3.63, 3.8) is 0 Å². The molecular formula is C16H18FNO. The summed E-state index contributed by atoms with van der Waals surface area (Å²) in [6.45, 7) is 4.55. The Bertz CT molecular complexity index is 568. The third-order valence-electron chi connectivity index (χ3n) is 3.30. The lowest BCUT2D eigenvalue weighted by Gasteiger charge is -2.17. The second-order valence-corrected chi connectivity index (χ2v) is 4.73. The molecule has 3 heteroatoms. The Kier molecular flexibility index (Phi) is 4.17. The minimum Gasteiger partial charge on any atom is -0.508 e. The highest BCUT2D eigenvalue weighted by atomic mass is 19.1. The average Bonchev–Trinajstić information content (AvgIpc) is 2.40. The number of hydrogen-bond acceptors (Lipinski definition) is 2. The Labute approximate surface area is 112 Å². The molecule has 0 fully saturated rings. The molecule has 0 saturated heterocycles. The van der Waals surface area contributed by atoms with Crippen LogP contribution in [0.5, 0.6) is 5.75 Å². The lowest BCUT2D eigenvalue weighted by atomic mass is 10.0. The Morgan fingerprint density at radius 2 is 1.95 bits per heavy atom. The summed E-state index contributed by atoms with van der Waals surface area (Å²) >= 11 is 0. The van der Waals surface area contributed by atoms with Crippen LogP contribution in [-0.2, 0) is 6.54 Å². The molecule has 0 saturated carbocycles. The first kappa shape index (κ1) is 13.6. The lowest BCUT2D eigenvalue weighted by molar-refractivity contribution is 0.457. The van der Waals surface area contributed by atoms with E-state index in [1.807, 2.05) is 12.1 Å². The van der Waals surface area contributed by atoms with E-state index in [4.69, 9.17) is 0 Å². The van der Waals surface area contributed by atoms with Crippen LogP contribution in [0, 0.1) is 12.7 Å². The highest BCUT2D eigenvalue weighted by Gasteiger charge is 2.09. The van der Waals surface area contributed by atoms with Gasteiger partial charge in [0.1, 0.15) is 11.6 Å². The van der Waals surface area contributed by atoms with Gasteiger partial charge in [0.2, 0.25) is 0 Å². The number of nitrogens with one attached hydrogen (secondary N) is 1. The molecule has 0 heterocycles. The molecule has 100 valence electrons. The number of aryl methyl sites for hydroxylation is 1. The van der Waals surface area contributed by atoms with Gasteiger partial charge in [-0.1, -0.05) is 24.3 Å². The van der Waals surface area contributed by atoms with E-state index in [2.05, 4.69) is 31.3 Å². The van der Waals surface area contributed by atoms with E-state index in [0.29, 0.717) is 12.1 Å². The zero-order chi connectivity index (χ0) is 13.8. The molecule has 2 rings (SSSR count). The van der Waals surface area contributed by atoms with Crippen LogP contribution in [0.25, 0.3) is 0 Å². The summed E-state index contributed by atoms with van der Waals surface area (Å²) < 4.78 is 13.1. The Hall–Kier alpha value is -1.87. The van der Waals surface area contributed by atoms with Crippen LogP contribution in [-0.4, -0.2) is 5.11 Å². The zero-order valence-corrected chi connectivity index (χ0v) is 11.2. The van der Waals surface area contributed by atoms with Gasteiger partial charge >= 0.3 is 0 Å². The van der Waals surface area contributed by atoms with Gasteiger partial charge in [-0.3, -0.25) is 0 Å². The van der Waals surface area contributed by atoms with Gasteiger partial charge in [-0.05, 0) is 43.2 Å². The Balaban J connectivity index is 2.06.